The van der Waals surface area contributed by atoms with E-state index in [0.717, 1.165) is 0 Å². The topological polar surface area (TPSA) is 97.3 Å². The normalized spacial score (nSPS) is 13.9. The highest BCUT2D eigenvalue weighted by Crippen LogP contribution is 2.41. The Bertz CT molecular complexity index is 768. The summed E-state index contributed by atoms with van der Waals surface area (Å²) in [6.45, 7) is -0.252. The van der Waals surface area contributed by atoms with E-state index in [4.69, 9.17) is 19.3 Å². The third-order valence-electron chi connectivity index (χ3n) is 3.75. The van der Waals surface area contributed by atoms with Crippen molar-refractivity contribution in [1.82, 2.24) is 4.90 Å². The molecule has 1 aromatic carbocycles. The number of methoxy groups -OCH3 is 3. The number of ether oxygens (including phenoxy) is 3. The number of aliphatic hydroxyl groups is 1. The van der Waals surface area contributed by atoms with Gasteiger partial charge in [-0.05, 0) is 22.0 Å². The highest BCUT2D eigenvalue weighted by molar-refractivity contribution is 9.10. The van der Waals surface area contributed by atoms with E-state index in [-0.39, 0.29) is 48.2 Å². The van der Waals surface area contributed by atoms with Crippen LogP contribution in [0.4, 0.5) is 10.1 Å². The fraction of sp³-hybridized carbons (Fsp3) is 0.375. The van der Waals surface area contributed by atoms with Crippen LogP contribution in [0.2, 0.25) is 0 Å². The van der Waals surface area contributed by atoms with Crippen LogP contribution in [0.1, 0.15) is 0 Å². The smallest absolute Gasteiger partial charge is 0.337 e. The third-order valence-corrected chi connectivity index (χ3v) is 4.34. The number of aliphatic hydroxyl groups excluding tert-OH is 1. The molecule has 0 bridgehead atoms. The van der Waals surface area contributed by atoms with Gasteiger partial charge in [0.15, 0.2) is 11.5 Å². The van der Waals surface area contributed by atoms with E-state index in [1.807, 2.05) is 0 Å². The minimum Gasteiger partial charge on any atom is -0.492 e. The predicted octanol–water partition coefficient (Wildman–Crippen LogP) is 1.28. The Morgan fingerprint density at radius 2 is 2.00 bits per heavy atom. The molecule has 1 amide bonds. The number of hydrogen-bond donors (Lipinski definition) is 2. The first-order valence-corrected chi connectivity index (χ1v) is 8.27. The Balaban J connectivity index is 2.50. The molecule has 0 fully saturated rings. The van der Waals surface area contributed by atoms with Crippen LogP contribution in [0.3, 0.4) is 0 Å². The minimum absolute atomic E-state index is 0.0312. The maximum absolute atomic E-state index is 14.5. The Kier molecular flexibility index (Phi) is 6.43. The van der Waals surface area contributed by atoms with Gasteiger partial charge in [-0.3, -0.25) is 4.79 Å². The number of hydrogen-bond acceptors (Lipinski definition) is 7. The summed E-state index contributed by atoms with van der Waals surface area (Å²) in [6.07, 6.45) is 0. The van der Waals surface area contributed by atoms with Gasteiger partial charge in [0.25, 0.3) is 5.91 Å². The molecule has 0 unspecified atom stereocenters. The number of nitrogens with one attached hydrogen (secondary N) is 1. The minimum atomic E-state index is -0.773. The molecule has 8 nitrogen and oxygen atoms in total. The van der Waals surface area contributed by atoms with Crippen molar-refractivity contribution in [1.29, 1.82) is 0 Å². The van der Waals surface area contributed by atoms with E-state index < -0.39 is 17.7 Å². The number of carbonyl (C=O) groups is 2. The van der Waals surface area contributed by atoms with Crippen molar-refractivity contribution in [2.24, 2.45) is 0 Å². The van der Waals surface area contributed by atoms with Crippen molar-refractivity contribution in [2.45, 2.75) is 0 Å². The quantitative estimate of drug-likeness (QED) is 0.626. The number of amides is 1. The van der Waals surface area contributed by atoms with Gasteiger partial charge >= 0.3 is 5.97 Å². The molecule has 1 heterocycles. The molecule has 0 aliphatic carbocycles. The molecule has 0 aromatic heterocycles. The molecular formula is C16H18BrFN2O6. The molecule has 0 atom stereocenters. The lowest BCUT2D eigenvalue weighted by Crippen LogP contribution is -2.31. The van der Waals surface area contributed by atoms with Crippen LogP contribution in [0.5, 0.6) is 11.5 Å². The monoisotopic (exact) mass is 432 g/mol. The van der Waals surface area contributed by atoms with Gasteiger partial charge in [0.2, 0.25) is 5.82 Å². The Labute approximate surface area is 157 Å². The van der Waals surface area contributed by atoms with Crippen LogP contribution < -0.4 is 14.8 Å². The Hall–Kier alpha value is -2.33. The second-order valence-electron chi connectivity index (χ2n) is 5.21. The van der Waals surface area contributed by atoms with E-state index in [2.05, 4.69) is 21.2 Å². The average Bonchev–Trinajstić information content (AvgIpc) is 2.91. The number of esters is 1. The average molecular weight is 433 g/mol. The maximum atomic E-state index is 14.5. The van der Waals surface area contributed by atoms with Gasteiger partial charge in [-0.15, -0.1) is 0 Å². The van der Waals surface area contributed by atoms with Crippen molar-refractivity contribution >= 4 is 33.5 Å². The molecule has 1 aliphatic heterocycles. The maximum Gasteiger partial charge on any atom is 0.337 e. The molecule has 2 N–H and O–H groups in total. The number of halogens is 2. The van der Waals surface area contributed by atoms with Crippen LogP contribution in [0, 0.1) is 5.82 Å². The number of benzene rings is 1. The first-order valence-electron chi connectivity index (χ1n) is 7.48. The summed E-state index contributed by atoms with van der Waals surface area (Å²) >= 11 is 3.18. The number of rotatable bonds is 7. The molecule has 142 valence electrons. The van der Waals surface area contributed by atoms with E-state index in [1.165, 1.54) is 32.3 Å². The molecule has 0 saturated heterocycles. The predicted molar refractivity (Wildman–Crippen MR) is 93.5 cm³/mol. The van der Waals surface area contributed by atoms with Crippen LogP contribution in [-0.4, -0.2) is 62.9 Å². The van der Waals surface area contributed by atoms with Gasteiger partial charge in [0.05, 0.1) is 50.2 Å². The molecule has 26 heavy (non-hydrogen) atoms. The van der Waals surface area contributed by atoms with Crippen LogP contribution >= 0.6 is 15.9 Å². The first-order chi connectivity index (χ1) is 12.4. The van der Waals surface area contributed by atoms with Gasteiger partial charge in [0, 0.05) is 6.54 Å². The Morgan fingerprint density at radius 3 is 2.54 bits per heavy atom. The number of β-amino-alcohol motifs (C(OH)–C–C–N with tert-alkyl or cyclic N) is 1. The standard InChI is InChI=1S/C16H18BrFN2O6/c1-24-13-9(17)6-10(14(25-2)11(13)18)19-12-8(16(23)26-3)7-20(4-5-21)15(12)22/h6,19,21H,4-5,7H2,1-3H3. The highest BCUT2D eigenvalue weighted by atomic mass is 79.9. The van der Waals surface area contributed by atoms with Gasteiger partial charge in [0.1, 0.15) is 5.70 Å². The summed E-state index contributed by atoms with van der Waals surface area (Å²) in [5.74, 6) is -2.24. The SMILES string of the molecule is COC(=O)C1=C(Nc2cc(Br)c(OC)c(F)c2OC)C(=O)N(CCO)C1. The summed E-state index contributed by atoms with van der Waals surface area (Å²) in [4.78, 5) is 25.8. The summed E-state index contributed by atoms with van der Waals surface area (Å²) < 4.78 is 29.6. The van der Waals surface area contributed by atoms with Crippen molar-refractivity contribution < 1.29 is 33.3 Å². The van der Waals surface area contributed by atoms with Crippen molar-refractivity contribution in [3.8, 4) is 11.5 Å². The summed E-state index contributed by atoms with van der Waals surface area (Å²) in [5, 5.41) is 11.8. The molecule has 1 aromatic rings. The highest BCUT2D eigenvalue weighted by Gasteiger charge is 2.35. The van der Waals surface area contributed by atoms with E-state index in [0.29, 0.717) is 4.47 Å². The third kappa shape index (κ3) is 3.61. The fourth-order valence-electron chi connectivity index (χ4n) is 2.55. The van der Waals surface area contributed by atoms with Crippen LogP contribution in [0.15, 0.2) is 21.8 Å². The Morgan fingerprint density at radius 1 is 1.35 bits per heavy atom. The van der Waals surface area contributed by atoms with E-state index in [1.54, 1.807) is 0 Å². The largest absolute Gasteiger partial charge is 0.492 e. The molecule has 2 rings (SSSR count). The van der Waals surface area contributed by atoms with Crippen LogP contribution in [-0.2, 0) is 14.3 Å². The number of nitrogens with zero attached hydrogens (tertiary/aromatic N) is 1. The lowest BCUT2D eigenvalue weighted by Gasteiger charge is -2.17. The second kappa shape index (κ2) is 8.37. The second-order valence-corrected chi connectivity index (χ2v) is 6.06. The summed E-state index contributed by atoms with van der Waals surface area (Å²) in [6, 6.07) is 1.46. The zero-order valence-electron chi connectivity index (χ0n) is 14.4. The first kappa shape index (κ1) is 20.0. The zero-order valence-corrected chi connectivity index (χ0v) is 16.0. The molecule has 0 saturated carbocycles. The molecule has 0 radical (unpaired) electrons. The lowest BCUT2D eigenvalue weighted by atomic mass is 10.2. The molecule has 0 spiro atoms. The zero-order chi connectivity index (χ0) is 19.4. The number of carbonyl (C=O) groups excluding carboxylic acids is 2. The van der Waals surface area contributed by atoms with E-state index >= 15 is 0 Å². The van der Waals surface area contributed by atoms with Crippen molar-refractivity contribution in [3.63, 3.8) is 0 Å². The lowest BCUT2D eigenvalue weighted by molar-refractivity contribution is -0.136. The van der Waals surface area contributed by atoms with Gasteiger partial charge in [-0.25, -0.2) is 4.79 Å². The molecule has 10 heteroatoms. The van der Waals surface area contributed by atoms with Gasteiger partial charge in [-0.2, -0.15) is 4.39 Å². The van der Waals surface area contributed by atoms with Crippen LogP contribution in [0.25, 0.3) is 0 Å². The fourth-order valence-corrected chi connectivity index (χ4v) is 3.11. The van der Waals surface area contributed by atoms with Gasteiger partial charge in [-0.1, -0.05) is 0 Å². The summed E-state index contributed by atoms with van der Waals surface area (Å²) in [5.41, 5.74) is 0.119. The van der Waals surface area contributed by atoms with E-state index in [9.17, 15) is 14.0 Å². The van der Waals surface area contributed by atoms with Crippen molar-refractivity contribution in [3.05, 3.63) is 27.6 Å². The molecule has 1 aliphatic rings. The summed E-state index contributed by atoms with van der Waals surface area (Å²) in [7, 11) is 3.76. The van der Waals surface area contributed by atoms with Gasteiger partial charge < -0.3 is 29.5 Å². The number of anilines is 1. The van der Waals surface area contributed by atoms with Crippen molar-refractivity contribution in [2.75, 3.05) is 46.3 Å². The molecular weight excluding hydrogens is 415 g/mol.